The minimum atomic E-state index is -3.59. The van der Waals surface area contributed by atoms with Gasteiger partial charge in [-0.25, -0.2) is 8.42 Å². The Labute approximate surface area is 140 Å². The van der Waals surface area contributed by atoms with Crippen molar-refractivity contribution < 1.29 is 8.42 Å². The summed E-state index contributed by atoms with van der Waals surface area (Å²) in [5, 5.41) is 5.31. The van der Waals surface area contributed by atoms with Crippen LogP contribution in [0.3, 0.4) is 0 Å². The molecule has 0 saturated heterocycles. The van der Waals surface area contributed by atoms with E-state index >= 15 is 0 Å². The van der Waals surface area contributed by atoms with E-state index in [1.54, 1.807) is 36.7 Å². The van der Waals surface area contributed by atoms with Crippen molar-refractivity contribution in [3.8, 4) is 0 Å². The number of hydrogen-bond acceptors (Lipinski definition) is 4. The average molecular weight is 443 g/mol. The Kier molecular flexibility index (Phi) is 5.30. The van der Waals surface area contributed by atoms with Gasteiger partial charge in [0, 0.05) is 20.0 Å². The first-order chi connectivity index (χ1) is 9.44. The summed E-state index contributed by atoms with van der Waals surface area (Å²) in [4.78, 5) is 1.09. The van der Waals surface area contributed by atoms with Crippen LogP contribution in [0.1, 0.15) is 4.88 Å². The van der Waals surface area contributed by atoms with Crippen LogP contribution in [0.15, 0.2) is 34.5 Å². The topological polar surface area (TPSA) is 58.2 Å². The first-order valence-electron chi connectivity index (χ1n) is 5.63. The Morgan fingerprint density at radius 3 is 2.75 bits per heavy atom. The highest BCUT2D eigenvalue weighted by molar-refractivity contribution is 14.1. The quantitative estimate of drug-likeness (QED) is 0.697. The fourth-order valence-corrected chi connectivity index (χ4v) is 5.36. The Morgan fingerprint density at radius 1 is 1.35 bits per heavy atom. The van der Waals surface area contributed by atoms with Crippen LogP contribution in [0.5, 0.6) is 0 Å². The molecule has 0 aliphatic heterocycles. The van der Waals surface area contributed by atoms with Gasteiger partial charge in [0.2, 0.25) is 0 Å². The summed E-state index contributed by atoms with van der Waals surface area (Å²) >= 11 is 9.33. The molecule has 8 heteroatoms. The van der Waals surface area contributed by atoms with Crippen molar-refractivity contribution in [1.29, 1.82) is 0 Å². The molecule has 2 aromatic rings. The summed E-state index contributed by atoms with van der Waals surface area (Å²) < 4.78 is 28.2. The van der Waals surface area contributed by atoms with Crippen molar-refractivity contribution in [2.75, 3.05) is 11.8 Å². The zero-order valence-electron chi connectivity index (χ0n) is 10.5. The summed E-state index contributed by atoms with van der Waals surface area (Å²) in [5.74, 6) is 0. The van der Waals surface area contributed by atoms with Crippen LogP contribution in [0.25, 0.3) is 0 Å². The van der Waals surface area contributed by atoms with E-state index in [2.05, 4.69) is 10.0 Å². The van der Waals surface area contributed by atoms with Crippen LogP contribution in [-0.2, 0) is 16.6 Å². The van der Waals surface area contributed by atoms with Gasteiger partial charge in [0.1, 0.15) is 4.90 Å². The highest BCUT2D eigenvalue weighted by Gasteiger charge is 2.20. The number of thiophene rings is 1. The van der Waals surface area contributed by atoms with E-state index in [4.69, 9.17) is 11.6 Å². The second-order valence-corrected chi connectivity index (χ2v) is 8.22. The van der Waals surface area contributed by atoms with Crippen molar-refractivity contribution in [3.63, 3.8) is 0 Å². The Morgan fingerprint density at radius 2 is 2.10 bits per heavy atom. The molecule has 0 bridgehead atoms. The molecule has 0 unspecified atom stereocenters. The molecular weight excluding hydrogens is 431 g/mol. The van der Waals surface area contributed by atoms with Crippen LogP contribution in [0.4, 0.5) is 5.69 Å². The smallest absolute Gasteiger partial charge is 0.263 e. The highest BCUT2D eigenvalue weighted by atomic mass is 127. The minimum absolute atomic E-state index is 0.308. The number of halogens is 2. The van der Waals surface area contributed by atoms with Gasteiger partial charge in [-0.3, -0.25) is 4.72 Å². The lowest BCUT2D eigenvalue weighted by molar-refractivity contribution is 0.600. The number of sulfonamides is 1. The van der Waals surface area contributed by atoms with E-state index in [0.717, 1.165) is 8.45 Å². The van der Waals surface area contributed by atoms with Crippen molar-refractivity contribution in [2.45, 2.75) is 11.4 Å². The van der Waals surface area contributed by atoms with Crippen molar-refractivity contribution >= 4 is 61.2 Å². The maximum Gasteiger partial charge on any atom is 0.263 e. The van der Waals surface area contributed by atoms with Crippen LogP contribution in [0.2, 0.25) is 5.02 Å². The minimum Gasteiger partial charge on any atom is -0.315 e. The fraction of sp³-hybridized carbons (Fsp3) is 0.167. The predicted molar refractivity (Wildman–Crippen MR) is 92.1 cm³/mol. The first-order valence-corrected chi connectivity index (χ1v) is 9.45. The van der Waals surface area contributed by atoms with E-state index in [9.17, 15) is 8.42 Å². The fourth-order valence-electron chi connectivity index (χ4n) is 1.63. The Hall–Kier alpha value is -0.350. The zero-order valence-corrected chi connectivity index (χ0v) is 15.0. The summed E-state index contributed by atoms with van der Waals surface area (Å²) in [6.45, 7) is 0.519. The first kappa shape index (κ1) is 16.0. The summed E-state index contributed by atoms with van der Waals surface area (Å²) in [6, 6.07) is 6.64. The summed E-state index contributed by atoms with van der Waals surface area (Å²) in [7, 11) is -1.80. The van der Waals surface area contributed by atoms with Crippen molar-refractivity contribution in [2.24, 2.45) is 0 Å². The molecule has 4 nitrogen and oxygen atoms in total. The molecule has 0 saturated carbocycles. The third-order valence-electron chi connectivity index (χ3n) is 2.51. The van der Waals surface area contributed by atoms with Crippen LogP contribution in [-0.4, -0.2) is 15.5 Å². The zero-order chi connectivity index (χ0) is 14.8. The molecule has 0 aliphatic carbocycles. The van der Waals surface area contributed by atoms with E-state index in [0.29, 0.717) is 22.2 Å². The molecule has 20 heavy (non-hydrogen) atoms. The lowest BCUT2D eigenvalue weighted by atomic mass is 10.3. The van der Waals surface area contributed by atoms with E-state index in [-0.39, 0.29) is 0 Å². The molecule has 0 fully saturated rings. The highest BCUT2D eigenvalue weighted by Crippen LogP contribution is 2.27. The summed E-state index contributed by atoms with van der Waals surface area (Å²) in [6.07, 6.45) is 0. The van der Waals surface area contributed by atoms with Gasteiger partial charge < -0.3 is 5.32 Å². The third kappa shape index (κ3) is 3.64. The van der Waals surface area contributed by atoms with E-state index in [1.165, 1.54) is 11.3 Å². The van der Waals surface area contributed by atoms with Crippen LogP contribution in [0, 0.1) is 3.57 Å². The van der Waals surface area contributed by atoms with Gasteiger partial charge in [-0.1, -0.05) is 11.6 Å². The van der Waals surface area contributed by atoms with E-state index < -0.39 is 10.0 Å². The third-order valence-corrected chi connectivity index (χ3v) is 6.13. The number of rotatable bonds is 5. The molecule has 108 valence electrons. The van der Waals surface area contributed by atoms with Crippen molar-refractivity contribution in [3.05, 3.63) is 43.1 Å². The number of benzene rings is 1. The van der Waals surface area contributed by atoms with Gasteiger partial charge in [-0.15, -0.1) is 11.3 Å². The molecule has 1 heterocycles. The van der Waals surface area contributed by atoms with Gasteiger partial charge in [-0.2, -0.15) is 0 Å². The normalized spacial score (nSPS) is 11.6. The van der Waals surface area contributed by atoms with Gasteiger partial charge in [-0.05, 0) is 59.3 Å². The SMILES string of the molecule is CNCc1sccc1S(=O)(=O)Nc1ccc(Cl)cc1I. The number of nitrogens with one attached hydrogen (secondary N) is 2. The van der Waals surface area contributed by atoms with Gasteiger partial charge in [0.15, 0.2) is 0 Å². The molecule has 2 N–H and O–H groups in total. The largest absolute Gasteiger partial charge is 0.315 e. The molecule has 0 aliphatic rings. The summed E-state index contributed by atoms with van der Waals surface area (Å²) in [5.41, 5.74) is 0.525. The Bertz CT molecular complexity index is 716. The molecule has 0 atom stereocenters. The number of anilines is 1. The second-order valence-electron chi connectivity index (χ2n) is 3.97. The molecule has 0 spiro atoms. The molecular formula is C12H12ClIN2O2S2. The number of hydrogen-bond donors (Lipinski definition) is 2. The van der Waals surface area contributed by atoms with E-state index in [1.807, 2.05) is 22.6 Å². The van der Waals surface area contributed by atoms with Gasteiger partial charge in [0.25, 0.3) is 10.0 Å². The average Bonchev–Trinajstić information content (AvgIpc) is 2.82. The molecule has 1 aromatic carbocycles. The van der Waals surface area contributed by atoms with Crippen molar-refractivity contribution in [1.82, 2.24) is 5.32 Å². The van der Waals surface area contributed by atoms with Crippen LogP contribution >= 0.6 is 45.5 Å². The second kappa shape index (κ2) is 6.61. The monoisotopic (exact) mass is 442 g/mol. The maximum atomic E-state index is 12.4. The molecule has 2 rings (SSSR count). The standard InChI is InChI=1S/C12H12ClIN2O2S2/c1-15-7-11-12(4-5-19-11)20(17,18)16-10-3-2-8(13)6-9(10)14/h2-6,15-16H,7H2,1H3. The predicted octanol–water partition coefficient (Wildman–Crippen LogP) is 3.53. The molecule has 0 radical (unpaired) electrons. The maximum absolute atomic E-state index is 12.4. The lowest BCUT2D eigenvalue weighted by Gasteiger charge is -2.10. The van der Waals surface area contributed by atoms with Crippen LogP contribution < -0.4 is 10.0 Å². The molecule has 0 amide bonds. The lowest BCUT2D eigenvalue weighted by Crippen LogP contribution is -2.16. The van der Waals surface area contributed by atoms with Gasteiger partial charge in [0.05, 0.1) is 5.69 Å². The molecule has 1 aromatic heterocycles. The Balaban J connectivity index is 2.33. The van der Waals surface area contributed by atoms with Gasteiger partial charge >= 0.3 is 0 Å².